The minimum atomic E-state index is -0.747. The Balaban J connectivity index is 1.74. The number of nitrogens with zero attached hydrogens (tertiary/aromatic N) is 2. The zero-order valence-corrected chi connectivity index (χ0v) is 25.6. The summed E-state index contributed by atoms with van der Waals surface area (Å²) in [6, 6.07) is 21.7. The Morgan fingerprint density at radius 1 is 0.841 bits per heavy atom. The summed E-state index contributed by atoms with van der Waals surface area (Å²) < 4.78 is 10.5. The van der Waals surface area contributed by atoms with Crippen LogP contribution in [0.15, 0.2) is 78.9 Å². The molecule has 0 radical (unpaired) electrons. The molecule has 44 heavy (non-hydrogen) atoms. The third-order valence-electron chi connectivity index (χ3n) is 6.63. The van der Waals surface area contributed by atoms with Crippen molar-refractivity contribution >= 4 is 46.7 Å². The Morgan fingerprint density at radius 2 is 1.52 bits per heavy atom. The number of amides is 4. The molecule has 3 aromatic carbocycles. The number of methoxy groups -OCH3 is 1. The first-order valence-corrected chi connectivity index (χ1v) is 14.0. The van der Waals surface area contributed by atoms with Gasteiger partial charge in [0.25, 0.3) is 5.91 Å². The van der Waals surface area contributed by atoms with Crippen LogP contribution in [0.5, 0.6) is 5.75 Å². The second-order valence-corrected chi connectivity index (χ2v) is 11.0. The van der Waals surface area contributed by atoms with E-state index in [0.717, 1.165) is 0 Å². The monoisotopic (exact) mass is 602 g/mol. The molecular weight excluding hydrogens is 564 g/mol. The highest BCUT2D eigenvalue weighted by molar-refractivity contribution is 6.04. The average Bonchev–Trinajstić information content (AvgIpc) is 3.01. The number of likely N-dealkylation sites (N-methyl/N-ethyl adjacent to an activating group) is 1. The number of esters is 1. The number of para-hydroxylation sites is 3. The fourth-order valence-electron chi connectivity index (χ4n) is 3.95. The summed E-state index contributed by atoms with van der Waals surface area (Å²) >= 11 is 0. The number of hydrogen-bond acceptors (Lipinski definition) is 7. The molecule has 0 saturated carbocycles. The number of urea groups is 1. The molecule has 11 nitrogen and oxygen atoms in total. The molecule has 0 aliphatic rings. The van der Waals surface area contributed by atoms with Crippen molar-refractivity contribution in [3.8, 4) is 5.75 Å². The van der Waals surface area contributed by atoms with Crippen molar-refractivity contribution in [3.63, 3.8) is 0 Å². The second kappa shape index (κ2) is 15.3. The quantitative estimate of drug-likeness (QED) is 0.297. The summed E-state index contributed by atoms with van der Waals surface area (Å²) in [7, 11) is 2.93. The van der Waals surface area contributed by atoms with Crippen LogP contribution in [-0.4, -0.2) is 63.5 Å². The number of hydrogen-bond donors (Lipinski definition) is 2. The van der Waals surface area contributed by atoms with Crippen molar-refractivity contribution < 1.29 is 33.4 Å². The van der Waals surface area contributed by atoms with Crippen LogP contribution in [0.2, 0.25) is 0 Å². The van der Waals surface area contributed by atoms with Crippen LogP contribution in [-0.2, 0) is 30.3 Å². The molecule has 0 aromatic heterocycles. The van der Waals surface area contributed by atoms with Crippen molar-refractivity contribution in [2.75, 3.05) is 49.0 Å². The van der Waals surface area contributed by atoms with Gasteiger partial charge in [0.05, 0.1) is 32.3 Å². The van der Waals surface area contributed by atoms with Gasteiger partial charge < -0.3 is 25.0 Å². The summed E-state index contributed by atoms with van der Waals surface area (Å²) in [6.45, 7) is 4.22. The second-order valence-electron chi connectivity index (χ2n) is 11.0. The lowest BCUT2D eigenvalue weighted by atomic mass is 9.90. The first-order chi connectivity index (χ1) is 20.9. The van der Waals surface area contributed by atoms with E-state index in [2.05, 4.69) is 15.4 Å². The molecule has 0 aliphatic heterocycles. The van der Waals surface area contributed by atoms with Gasteiger partial charge >= 0.3 is 12.0 Å². The molecule has 0 saturated heterocycles. The maximum Gasteiger partial charge on any atom is 0.319 e. The van der Waals surface area contributed by atoms with Gasteiger partial charge in [-0.05, 0) is 42.0 Å². The van der Waals surface area contributed by atoms with Gasteiger partial charge in [-0.15, -0.1) is 0 Å². The maximum atomic E-state index is 13.5. The van der Waals surface area contributed by atoms with E-state index >= 15 is 0 Å². The Kier molecular flexibility index (Phi) is 11.6. The van der Waals surface area contributed by atoms with Gasteiger partial charge in [-0.2, -0.15) is 0 Å². The molecule has 3 rings (SSSR count). The molecule has 0 atom stereocenters. The predicted octanol–water partition coefficient (Wildman–Crippen LogP) is 4.21. The Bertz CT molecular complexity index is 1480. The van der Waals surface area contributed by atoms with Crippen LogP contribution in [0, 0.1) is 5.41 Å². The fraction of sp³-hybridized carbons (Fsp3) is 0.303. The Morgan fingerprint density at radius 3 is 2.20 bits per heavy atom. The van der Waals surface area contributed by atoms with E-state index in [9.17, 15) is 24.0 Å². The number of nitrogens with one attached hydrogen (secondary N) is 2. The summed E-state index contributed by atoms with van der Waals surface area (Å²) in [5, 5.41) is 5.16. The number of Topliss-reactive ketones (excluding diaryl/α,β-unsaturated/α-hetero) is 1. The highest BCUT2D eigenvalue weighted by Gasteiger charge is 2.29. The Labute approximate surface area is 257 Å². The number of benzene rings is 3. The average molecular weight is 603 g/mol. The zero-order valence-electron chi connectivity index (χ0n) is 25.6. The normalized spacial score (nSPS) is 10.8. The number of carbonyl (C=O) groups excluding carboxylic acids is 5. The summed E-state index contributed by atoms with van der Waals surface area (Å²) in [4.78, 5) is 66.3. The SMILES string of the molecule is COC(=O)Cc1cccc(NC(=O)NCC(=O)N(CC(=O)C(C)(C)C)c2ccccc2OCC(=O)N(C)c2ccccc2)c1. The molecule has 0 bridgehead atoms. The van der Waals surface area contributed by atoms with E-state index in [-0.39, 0.29) is 42.7 Å². The number of carbonyl (C=O) groups is 5. The molecule has 11 heteroatoms. The van der Waals surface area contributed by atoms with E-state index < -0.39 is 29.9 Å². The molecule has 0 spiro atoms. The summed E-state index contributed by atoms with van der Waals surface area (Å²) in [5.41, 5.74) is 1.29. The lowest BCUT2D eigenvalue weighted by Gasteiger charge is -2.28. The lowest BCUT2D eigenvalue weighted by Crippen LogP contribution is -2.45. The van der Waals surface area contributed by atoms with Crippen LogP contribution in [0.1, 0.15) is 26.3 Å². The fourth-order valence-corrected chi connectivity index (χ4v) is 3.95. The zero-order chi connectivity index (χ0) is 32.3. The number of rotatable bonds is 12. The van der Waals surface area contributed by atoms with E-state index in [1.54, 1.807) is 88.5 Å². The summed E-state index contributed by atoms with van der Waals surface area (Å²) in [6.07, 6.45) is 0.0402. The van der Waals surface area contributed by atoms with E-state index in [0.29, 0.717) is 16.9 Å². The topological polar surface area (TPSA) is 134 Å². The molecule has 0 unspecified atom stereocenters. The lowest BCUT2D eigenvalue weighted by molar-refractivity contribution is -0.139. The maximum absolute atomic E-state index is 13.5. The van der Waals surface area contributed by atoms with Gasteiger partial charge in [0.2, 0.25) is 5.91 Å². The first-order valence-electron chi connectivity index (χ1n) is 14.0. The van der Waals surface area contributed by atoms with Crippen molar-refractivity contribution in [2.24, 2.45) is 5.41 Å². The van der Waals surface area contributed by atoms with Crippen LogP contribution < -0.4 is 25.2 Å². The predicted molar refractivity (Wildman–Crippen MR) is 168 cm³/mol. The molecule has 0 aliphatic carbocycles. The third kappa shape index (κ3) is 9.69. The van der Waals surface area contributed by atoms with Crippen molar-refractivity contribution in [1.29, 1.82) is 0 Å². The molecule has 4 amide bonds. The summed E-state index contributed by atoms with van der Waals surface area (Å²) in [5.74, 6) is -1.29. The highest BCUT2D eigenvalue weighted by Crippen LogP contribution is 2.29. The van der Waals surface area contributed by atoms with E-state index in [1.165, 1.54) is 16.9 Å². The van der Waals surface area contributed by atoms with Crippen molar-refractivity contribution in [3.05, 3.63) is 84.4 Å². The molecule has 0 heterocycles. The Hall–Kier alpha value is -5.19. The molecular formula is C33H38N4O7. The number of anilines is 3. The van der Waals surface area contributed by atoms with E-state index in [4.69, 9.17) is 4.74 Å². The van der Waals surface area contributed by atoms with Gasteiger partial charge in [0, 0.05) is 23.8 Å². The number of ketones is 1. The highest BCUT2D eigenvalue weighted by atomic mass is 16.5. The van der Waals surface area contributed by atoms with Crippen LogP contribution in [0.3, 0.4) is 0 Å². The van der Waals surface area contributed by atoms with Crippen molar-refractivity contribution in [1.82, 2.24) is 5.32 Å². The molecule has 2 N–H and O–H groups in total. The minimum absolute atomic E-state index is 0.0402. The minimum Gasteiger partial charge on any atom is -0.482 e. The molecule has 3 aromatic rings. The van der Waals surface area contributed by atoms with Gasteiger partial charge in [-0.1, -0.05) is 63.2 Å². The van der Waals surface area contributed by atoms with Gasteiger partial charge in [0.1, 0.15) is 5.75 Å². The van der Waals surface area contributed by atoms with Gasteiger partial charge in [0.15, 0.2) is 12.4 Å². The largest absolute Gasteiger partial charge is 0.482 e. The third-order valence-corrected chi connectivity index (χ3v) is 6.63. The molecule has 0 fully saturated rings. The van der Waals surface area contributed by atoms with Crippen molar-refractivity contribution in [2.45, 2.75) is 27.2 Å². The molecule has 232 valence electrons. The number of ether oxygens (including phenoxy) is 2. The van der Waals surface area contributed by atoms with Crippen LogP contribution >= 0.6 is 0 Å². The van der Waals surface area contributed by atoms with E-state index in [1.807, 2.05) is 18.2 Å². The van der Waals surface area contributed by atoms with Crippen LogP contribution in [0.25, 0.3) is 0 Å². The standard InChI is InChI=1S/C33H38N4O7/c1-33(2,3)28(38)21-37(29(39)20-34-32(42)35-24-13-11-12-23(18-24)19-31(41)43-5)26-16-9-10-17-27(26)44-22-30(40)36(4)25-14-7-6-8-15-25/h6-18H,19-22H2,1-5H3,(H2,34,35,42). The van der Waals surface area contributed by atoms with Gasteiger partial charge in [-0.3, -0.25) is 24.1 Å². The van der Waals surface area contributed by atoms with Crippen LogP contribution in [0.4, 0.5) is 21.9 Å². The van der Waals surface area contributed by atoms with Gasteiger partial charge in [-0.25, -0.2) is 4.79 Å². The smallest absolute Gasteiger partial charge is 0.319 e. The first kappa shape index (κ1) is 33.3.